The van der Waals surface area contributed by atoms with Crippen molar-refractivity contribution < 1.29 is 9.53 Å². The topological polar surface area (TPSA) is 42.4 Å². The maximum Gasteiger partial charge on any atom is 0.410 e. The maximum atomic E-state index is 11.9. The molecule has 0 unspecified atom stereocenters. The van der Waals surface area contributed by atoms with Crippen LogP contribution in [0.5, 0.6) is 0 Å². The Bertz CT molecular complexity index is 445. The fourth-order valence-electron chi connectivity index (χ4n) is 1.98. The first-order valence-corrected chi connectivity index (χ1v) is 7.13. The van der Waals surface area contributed by atoms with Gasteiger partial charge in [-0.2, -0.15) is 0 Å². The van der Waals surface area contributed by atoms with Gasteiger partial charge in [-0.3, -0.25) is 4.90 Å². The fourth-order valence-corrected chi connectivity index (χ4v) is 3.79. The third kappa shape index (κ3) is 2.47. The third-order valence-electron chi connectivity index (χ3n) is 2.87. The SMILES string of the molecule is CCOC(=O)N1Cc2nc(Br)sc2CC1(C)C. The molecule has 0 bridgehead atoms. The van der Waals surface area contributed by atoms with E-state index in [-0.39, 0.29) is 11.6 Å². The molecule has 1 aromatic heterocycles. The van der Waals surface area contributed by atoms with E-state index < -0.39 is 0 Å². The van der Waals surface area contributed by atoms with Crippen molar-refractivity contribution in [3.8, 4) is 0 Å². The van der Waals surface area contributed by atoms with Crippen molar-refractivity contribution >= 4 is 33.4 Å². The van der Waals surface area contributed by atoms with E-state index in [1.54, 1.807) is 16.2 Å². The molecule has 1 amide bonds. The summed E-state index contributed by atoms with van der Waals surface area (Å²) in [7, 11) is 0. The number of fused-ring (bicyclic) bond motifs is 1. The van der Waals surface area contributed by atoms with Crippen LogP contribution in [-0.2, 0) is 17.7 Å². The van der Waals surface area contributed by atoms with Crippen molar-refractivity contribution in [1.29, 1.82) is 0 Å². The van der Waals surface area contributed by atoms with Crippen molar-refractivity contribution in [3.63, 3.8) is 0 Å². The maximum absolute atomic E-state index is 11.9. The van der Waals surface area contributed by atoms with Crippen molar-refractivity contribution in [2.45, 2.75) is 39.3 Å². The van der Waals surface area contributed by atoms with Crippen LogP contribution in [0.2, 0.25) is 0 Å². The molecule has 2 heterocycles. The van der Waals surface area contributed by atoms with Gasteiger partial charge in [0.2, 0.25) is 0 Å². The lowest BCUT2D eigenvalue weighted by atomic mass is 9.93. The van der Waals surface area contributed by atoms with Gasteiger partial charge >= 0.3 is 6.09 Å². The van der Waals surface area contributed by atoms with E-state index in [2.05, 4.69) is 34.8 Å². The highest BCUT2D eigenvalue weighted by Gasteiger charge is 2.38. The van der Waals surface area contributed by atoms with Gasteiger partial charge in [0.05, 0.1) is 18.8 Å². The third-order valence-corrected chi connectivity index (χ3v) is 4.42. The first-order valence-electron chi connectivity index (χ1n) is 5.52. The van der Waals surface area contributed by atoms with Gasteiger partial charge in [-0.05, 0) is 36.7 Å². The molecule has 6 heteroatoms. The molecule has 94 valence electrons. The molecular formula is C11H15BrN2O2S. The van der Waals surface area contributed by atoms with Crippen LogP contribution in [0.1, 0.15) is 31.3 Å². The number of halogens is 1. The predicted molar refractivity (Wildman–Crippen MR) is 70.2 cm³/mol. The summed E-state index contributed by atoms with van der Waals surface area (Å²) in [5.41, 5.74) is 0.764. The minimum Gasteiger partial charge on any atom is -0.450 e. The van der Waals surface area contributed by atoms with E-state index in [1.807, 2.05) is 6.92 Å². The normalized spacial score (nSPS) is 17.8. The highest BCUT2D eigenvalue weighted by Crippen LogP contribution is 2.35. The number of hydrogen-bond acceptors (Lipinski definition) is 4. The van der Waals surface area contributed by atoms with E-state index in [0.29, 0.717) is 13.2 Å². The van der Waals surface area contributed by atoms with Crippen LogP contribution in [0.25, 0.3) is 0 Å². The molecule has 0 atom stereocenters. The summed E-state index contributed by atoms with van der Waals surface area (Å²) in [5, 5.41) is 0. The Balaban J connectivity index is 2.27. The van der Waals surface area contributed by atoms with Crippen molar-refractivity contribution in [3.05, 3.63) is 14.5 Å². The average molecular weight is 319 g/mol. The molecule has 0 aromatic carbocycles. The average Bonchev–Trinajstić information content (AvgIpc) is 2.54. The van der Waals surface area contributed by atoms with Crippen LogP contribution in [-0.4, -0.2) is 28.1 Å². The van der Waals surface area contributed by atoms with Gasteiger partial charge in [0.15, 0.2) is 3.92 Å². The number of amides is 1. The number of carbonyl (C=O) groups is 1. The lowest BCUT2D eigenvalue weighted by Gasteiger charge is -2.40. The molecule has 2 rings (SSSR count). The summed E-state index contributed by atoms with van der Waals surface area (Å²) in [5.74, 6) is 0. The molecule has 4 nitrogen and oxygen atoms in total. The number of rotatable bonds is 1. The monoisotopic (exact) mass is 318 g/mol. The molecule has 0 N–H and O–H groups in total. The minimum atomic E-state index is -0.257. The van der Waals surface area contributed by atoms with Gasteiger partial charge in [-0.25, -0.2) is 9.78 Å². The number of nitrogens with zero attached hydrogens (tertiary/aromatic N) is 2. The number of thiazole rings is 1. The second-order valence-corrected chi connectivity index (χ2v) is 6.97. The van der Waals surface area contributed by atoms with Crippen molar-refractivity contribution in [2.24, 2.45) is 0 Å². The molecule has 0 radical (unpaired) electrons. The summed E-state index contributed by atoms with van der Waals surface area (Å²) < 4.78 is 5.97. The number of ether oxygens (including phenoxy) is 1. The van der Waals surface area contributed by atoms with Crippen LogP contribution in [0, 0.1) is 0 Å². The summed E-state index contributed by atoms with van der Waals surface area (Å²) in [6.45, 7) is 6.86. The van der Waals surface area contributed by atoms with E-state index in [9.17, 15) is 4.79 Å². The van der Waals surface area contributed by atoms with Gasteiger partial charge in [0, 0.05) is 16.8 Å². The Labute approximate surface area is 113 Å². The van der Waals surface area contributed by atoms with Crippen molar-refractivity contribution in [1.82, 2.24) is 9.88 Å². The summed E-state index contributed by atoms with van der Waals surface area (Å²) >= 11 is 5.04. The van der Waals surface area contributed by atoms with Gasteiger partial charge in [0.25, 0.3) is 0 Å². The van der Waals surface area contributed by atoms with Crippen LogP contribution in [0.4, 0.5) is 4.79 Å². The van der Waals surface area contributed by atoms with Crippen LogP contribution < -0.4 is 0 Å². The van der Waals surface area contributed by atoms with Crippen LogP contribution in [0.15, 0.2) is 3.92 Å². The van der Waals surface area contributed by atoms with Gasteiger partial charge in [0.1, 0.15) is 0 Å². The Kier molecular flexibility index (Phi) is 3.45. The molecule has 0 saturated heterocycles. The molecular weight excluding hydrogens is 304 g/mol. The second kappa shape index (κ2) is 4.57. The van der Waals surface area contributed by atoms with Gasteiger partial charge in [-0.1, -0.05) is 0 Å². The zero-order chi connectivity index (χ0) is 12.6. The van der Waals surface area contributed by atoms with Crippen molar-refractivity contribution in [2.75, 3.05) is 6.61 Å². The molecule has 1 aliphatic heterocycles. The summed E-state index contributed by atoms with van der Waals surface area (Å²) in [6.07, 6.45) is 0.567. The summed E-state index contributed by atoms with van der Waals surface area (Å²) in [6, 6.07) is 0. The second-order valence-electron chi connectivity index (χ2n) is 4.61. The van der Waals surface area contributed by atoms with Crippen LogP contribution >= 0.6 is 27.3 Å². The Hall–Kier alpha value is -0.620. The first-order chi connectivity index (χ1) is 7.94. The van der Waals surface area contributed by atoms with Crippen LogP contribution in [0.3, 0.4) is 0 Å². The van der Waals surface area contributed by atoms with Gasteiger partial charge < -0.3 is 4.74 Å². The van der Waals surface area contributed by atoms with E-state index in [1.165, 1.54) is 4.88 Å². The zero-order valence-corrected chi connectivity index (χ0v) is 12.5. The zero-order valence-electron chi connectivity index (χ0n) is 10.1. The van der Waals surface area contributed by atoms with E-state index in [4.69, 9.17) is 4.74 Å². The largest absolute Gasteiger partial charge is 0.450 e. The lowest BCUT2D eigenvalue weighted by Crippen LogP contribution is -2.51. The molecule has 17 heavy (non-hydrogen) atoms. The number of aromatic nitrogens is 1. The quantitative estimate of drug-likeness (QED) is 0.798. The number of hydrogen-bond donors (Lipinski definition) is 0. The molecule has 0 fully saturated rings. The lowest BCUT2D eigenvalue weighted by molar-refractivity contribution is 0.0547. The standard InChI is InChI=1S/C11H15BrN2O2S/c1-4-16-10(15)14-6-7-8(5-11(14,2)3)17-9(12)13-7/h4-6H2,1-3H3. The first kappa shape index (κ1) is 12.8. The Morgan fingerprint density at radius 3 is 3.00 bits per heavy atom. The van der Waals surface area contributed by atoms with E-state index >= 15 is 0 Å². The highest BCUT2D eigenvalue weighted by molar-refractivity contribution is 9.11. The molecule has 0 aliphatic carbocycles. The van der Waals surface area contributed by atoms with E-state index in [0.717, 1.165) is 16.0 Å². The Morgan fingerprint density at radius 2 is 2.35 bits per heavy atom. The summed E-state index contributed by atoms with van der Waals surface area (Å²) in [4.78, 5) is 19.3. The minimum absolute atomic E-state index is 0.217. The molecule has 1 aromatic rings. The molecule has 0 saturated carbocycles. The Morgan fingerprint density at radius 1 is 1.65 bits per heavy atom. The molecule has 0 spiro atoms. The predicted octanol–water partition coefficient (Wildman–Crippen LogP) is 3.20. The van der Waals surface area contributed by atoms with Gasteiger partial charge in [-0.15, -0.1) is 11.3 Å². The smallest absolute Gasteiger partial charge is 0.410 e. The molecule has 1 aliphatic rings. The number of carbonyl (C=O) groups excluding carboxylic acids is 1. The highest BCUT2D eigenvalue weighted by atomic mass is 79.9. The fraction of sp³-hybridized carbons (Fsp3) is 0.636.